The number of hydrogen-bond acceptors (Lipinski definition) is 5. The second-order valence-corrected chi connectivity index (χ2v) is 12.0. The van der Waals surface area contributed by atoms with Gasteiger partial charge in [-0.05, 0) is 74.7 Å². The standard InChI is InChI=1S/C32H47FN4O3/c1-6-22(38)11-9-8-10-12-27(36-31(39)25-19-32(25)13-15-37(7-2)16-14-32)30-34-20-28(35-30)24-17-23(21(3)4)26(33)18-29(24)40-5/h17-18,20-21,25,27H,6-16,19H2,1-5H3,(H,34,35)(H,36,39)/t25-,27+/m1/s1. The highest BCUT2D eigenvalue weighted by atomic mass is 19.1. The molecular weight excluding hydrogens is 507 g/mol. The number of imidazole rings is 1. The molecule has 1 spiro atoms. The summed E-state index contributed by atoms with van der Waals surface area (Å²) >= 11 is 0. The third-order valence-corrected chi connectivity index (χ3v) is 9.12. The number of piperidine rings is 1. The van der Waals surface area contributed by atoms with Crippen molar-refractivity contribution in [3.05, 3.63) is 35.5 Å². The summed E-state index contributed by atoms with van der Waals surface area (Å²) in [6, 6.07) is 3.00. The van der Waals surface area contributed by atoms with Gasteiger partial charge in [-0.25, -0.2) is 9.37 Å². The van der Waals surface area contributed by atoms with Gasteiger partial charge in [-0.15, -0.1) is 0 Å². The molecule has 0 unspecified atom stereocenters. The van der Waals surface area contributed by atoms with E-state index < -0.39 is 0 Å². The number of unbranched alkanes of at least 4 members (excludes halogenated alkanes) is 2. The van der Waals surface area contributed by atoms with Crippen LogP contribution < -0.4 is 10.1 Å². The summed E-state index contributed by atoms with van der Waals surface area (Å²) in [5, 5.41) is 3.33. The zero-order chi connectivity index (χ0) is 28.9. The van der Waals surface area contributed by atoms with E-state index in [1.54, 1.807) is 6.20 Å². The van der Waals surface area contributed by atoms with Crippen molar-refractivity contribution >= 4 is 11.7 Å². The van der Waals surface area contributed by atoms with Gasteiger partial charge in [0.2, 0.25) is 5.91 Å². The molecule has 0 bridgehead atoms. The van der Waals surface area contributed by atoms with E-state index >= 15 is 0 Å². The number of H-pyrrole nitrogens is 1. The monoisotopic (exact) mass is 554 g/mol. The van der Waals surface area contributed by atoms with Gasteiger partial charge in [0.1, 0.15) is 23.2 Å². The first-order chi connectivity index (χ1) is 19.2. The molecule has 2 atom stereocenters. The number of ether oxygens (including phenoxy) is 1. The molecule has 1 saturated carbocycles. The Kier molecular flexibility index (Phi) is 10.0. The first-order valence-corrected chi connectivity index (χ1v) is 15.2. The molecule has 4 rings (SSSR count). The summed E-state index contributed by atoms with van der Waals surface area (Å²) in [4.78, 5) is 35.8. The number of rotatable bonds is 14. The third kappa shape index (κ3) is 6.93. The molecule has 1 amide bonds. The lowest BCUT2D eigenvalue weighted by Gasteiger charge is -2.32. The highest BCUT2D eigenvalue weighted by molar-refractivity contribution is 5.83. The predicted octanol–water partition coefficient (Wildman–Crippen LogP) is 6.56. The highest BCUT2D eigenvalue weighted by Crippen LogP contribution is 2.59. The van der Waals surface area contributed by atoms with Crippen molar-refractivity contribution in [2.24, 2.45) is 11.3 Å². The van der Waals surface area contributed by atoms with Gasteiger partial charge in [-0.2, -0.15) is 0 Å². The maximum absolute atomic E-state index is 14.6. The third-order valence-electron chi connectivity index (χ3n) is 9.12. The largest absolute Gasteiger partial charge is 0.496 e. The average Bonchev–Trinajstić information content (AvgIpc) is 3.42. The van der Waals surface area contributed by atoms with Crippen molar-refractivity contribution in [1.82, 2.24) is 20.2 Å². The molecule has 7 nitrogen and oxygen atoms in total. The summed E-state index contributed by atoms with van der Waals surface area (Å²) in [6.45, 7) is 11.2. The Bertz CT molecular complexity index is 1170. The Morgan fingerprint density at radius 3 is 2.60 bits per heavy atom. The first kappa shape index (κ1) is 30.2. The minimum atomic E-state index is -0.287. The molecule has 1 aliphatic heterocycles. The number of hydrogen-bond donors (Lipinski definition) is 2. The van der Waals surface area contributed by atoms with Crippen LogP contribution in [0.3, 0.4) is 0 Å². The molecule has 2 aliphatic rings. The maximum atomic E-state index is 14.6. The Morgan fingerprint density at radius 2 is 1.95 bits per heavy atom. The molecule has 1 aliphatic carbocycles. The van der Waals surface area contributed by atoms with Crippen molar-refractivity contribution in [2.75, 3.05) is 26.7 Å². The molecule has 40 heavy (non-hydrogen) atoms. The van der Waals surface area contributed by atoms with Crippen LogP contribution >= 0.6 is 0 Å². The van der Waals surface area contributed by atoms with Crippen molar-refractivity contribution in [2.45, 2.75) is 97.4 Å². The summed E-state index contributed by atoms with van der Waals surface area (Å²) in [6.07, 6.45) is 9.49. The van der Waals surface area contributed by atoms with E-state index in [-0.39, 0.29) is 35.0 Å². The van der Waals surface area contributed by atoms with E-state index in [0.717, 1.165) is 75.8 Å². The quantitative estimate of drug-likeness (QED) is 0.258. The van der Waals surface area contributed by atoms with Crippen LogP contribution in [0.4, 0.5) is 4.39 Å². The number of ketones is 1. The Balaban J connectivity index is 1.49. The van der Waals surface area contributed by atoms with Crippen LogP contribution in [-0.2, 0) is 9.59 Å². The van der Waals surface area contributed by atoms with Crippen LogP contribution in [0.5, 0.6) is 5.75 Å². The normalized spacial score (nSPS) is 19.1. The van der Waals surface area contributed by atoms with E-state index in [2.05, 4.69) is 27.1 Å². The Labute approximate surface area is 238 Å². The SMILES string of the molecule is CCC(=O)CCCCC[C@H](NC(=O)[C@H]1CC12CCN(CC)CC2)c1ncc(-c2cc(C(C)C)c(F)cc2OC)[nH]1. The molecule has 2 aromatic rings. The number of benzene rings is 1. The van der Waals surface area contributed by atoms with Gasteiger partial charge in [0.15, 0.2) is 0 Å². The number of aromatic nitrogens is 2. The summed E-state index contributed by atoms with van der Waals surface area (Å²) < 4.78 is 20.1. The minimum Gasteiger partial charge on any atom is -0.496 e. The van der Waals surface area contributed by atoms with Gasteiger partial charge >= 0.3 is 0 Å². The van der Waals surface area contributed by atoms with Gasteiger partial charge in [-0.1, -0.05) is 40.5 Å². The molecule has 1 aromatic carbocycles. The van der Waals surface area contributed by atoms with Crippen LogP contribution in [0.25, 0.3) is 11.3 Å². The number of carbonyl (C=O) groups excluding carboxylic acids is 2. The van der Waals surface area contributed by atoms with Gasteiger partial charge < -0.3 is 19.9 Å². The predicted molar refractivity (Wildman–Crippen MR) is 156 cm³/mol. The fraction of sp³-hybridized carbons (Fsp3) is 0.656. The van der Waals surface area contributed by atoms with E-state index in [9.17, 15) is 14.0 Å². The number of methoxy groups -OCH3 is 1. The minimum absolute atomic E-state index is 0.0220. The smallest absolute Gasteiger partial charge is 0.224 e. The van der Waals surface area contributed by atoms with Crippen LogP contribution in [0.2, 0.25) is 0 Å². The molecular formula is C32H47FN4O3. The van der Waals surface area contributed by atoms with Crippen LogP contribution in [-0.4, -0.2) is 53.3 Å². The second-order valence-electron chi connectivity index (χ2n) is 12.0. The molecule has 8 heteroatoms. The second kappa shape index (κ2) is 13.3. The number of nitrogens with one attached hydrogen (secondary N) is 2. The molecule has 2 heterocycles. The van der Waals surface area contributed by atoms with E-state index in [4.69, 9.17) is 4.74 Å². The number of aromatic amines is 1. The average molecular weight is 555 g/mol. The lowest BCUT2D eigenvalue weighted by atomic mass is 9.90. The maximum Gasteiger partial charge on any atom is 0.224 e. The van der Waals surface area contributed by atoms with Gasteiger partial charge in [0.05, 0.1) is 25.0 Å². The van der Waals surface area contributed by atoms with Crippen LogP contribution in [0, 0.1) is 17.2 Å². The zero-order valence-corrected chi connectivity index (χ0v) is 24.9. The number of halogens is 1. The Hall–Kier alpha value is -2.74. The summed E-state index contributed by atoms with van der Waals surface area (Å²) in [7, 11) is 1.54. The molecule has 1 aromatic heterocycles. The van der Waals surface area contributed by atoms with Gasteiger partial charge in [0, 0.05) is 30.4 Å². The molecule has 220 valence electrons. The fourth-order valence-electron chi connectivity index (χ4n) is 6.20. The fourth-order valence-corrected chi connectivity index (χ4v) is 6.20. The number of amides is 1. The Morgan fingerprint density at radius 1 is 1.20 bits per heavy atom. The number of Topliss-reactive ketones (excluding diaryl/α,β-unsaturated/α-hetero) is 1. The summed E-state index contributed by atoms with van der Waals surface area (Å²) in [5.41, 5.74) is 2.26. The van der Waals surface area contributed by atoms with E-state index in [1.165, 1.54) is 13.2 Å². The van der Waals surface area contributed by atoms with Crippen molar-refractivity contribution < 1.29 is 18.7 Å². The molecule has 2 fully saturated rings. The molecule has 2 N–H and O–H groups in total. The van der Waals surface area contributed by atoms with Gasteiger partial charge in [0.25, 0.3) is 0 Å². The number of likely N-dealkylation sites (tertiary alicyclic amines) is 1. The lowest BCUT2D eigenvalue weighted by Crippen LogP contribution is -2.37. The summed E-state index contributed by atoms with van der Waals surface area (Å²) in [5.74, 6) is 1.35. The van der Waals surface area contributed by atoms with Gasteiger partial charge in [-0.3, -0.25) is 9.59 Å². The van der Waals surface area contributed by atoms with E-state index in [0.29, 0.717) is 35.8 Å². The van der Waals surface area contributed by atoms with Crippen LogP contribution in [0.15, 0.2) is 18.3 Å². The highest BCUT2D eigenvalue weighted by Gasteiger charge is 2.58. The molecule has 1 saturated heterocycles. The van der Waals surface area contributed by atoms with Crippen molar-refractivity contribution in [1.29, 1.82) is 0 Å². The first-order valence-electron chi connectivity index (χ1n) is 15.2. The molecule has 0 radical (unpaired) electrons. The van der Waals surface area contributed by atoms with E-state index in [1.807, 2.05) is 26.8 Å². The number of nitrogens with zero attached hydrogens (tertiary/aromatic N) is 2. The lowest BCUT2D eigenvalue weighted by molar-refractivity contribution is -0.124. The number of carbonyl (C=O) groups is 2. The topological polar surface area (TPSA) is 87.3 Å². The van der Waals surface area contributed by atoms with Crippen LogP contribution in [0.1, 0.15) is 109 Å². The zero-order valence-electron chi connectivity index (χ0n) is 24.9. The van der Waals surface area contributed by atoms with Crippen molar-refractivity contribution in [3.63, 3.8) is 0 Å². The van der Waals surface area contributed by atoms with Crippen molar-refractivity contribution in [3.8, 4) is 17.0 Å².